The molecule has 0 bridgehead atoms. The molecule has 9 heteroatoms. The second-order valence-corrected chi connectivity index (χ2v) is 6.62. The van der Waals surface area contributed by atoms with Gasteiger partial charge in [0, 0.05) is 31.9 Å². The molecule has 1 fully saturated rings. The molecule has 0 saturated carbocycles. The van der Waals surface area contributed by atoms with Crippen molar-refractivity contribution < 1.29 is 27.9 Å². The average molecular weight is 407 g/mol. The Hall–Kier alpha value is -3.23. The molecule has 1 aliphatic rings. The number of nitrogens with one attached hydrogen (secondary N) is 1. The van der Waals surface area contributed by atoms with E-state index in [0.29, 0.717) is 26.2 Å². The van der Waals surface area contributed by atoms with E-state index in [2.05, 4.69) is 5.32 Å². The number of benzene rings is 2. The third kappa shape index (κ3) is 4.98. The van der Waals surface area contributed by atoms with E-state index < -0.39 is 11.7 Å². The zero-order valence-corrected chi connectivity index (χ0v) is 15.4. The lowest BCUT2D eigenvalue weighted by molar-refractivity contribution is -0.137. The summed E-state index contributed by atoms with van der Waals surface area (Å²) < 4.78 is 38.3. The minimum Gasteiger partial charge on any atom is -0.507 e. The van der Waals surface area contributed by atoms with E-state index in [9.17, 15) is 27.9 Å². The van der Waals surface area contributed by atoms with Crippen molar-refractivity contribution >= 4 is 17.5 Å². The first kappa shape index (κ1) is 20.5. The van der Waals surface area contributed by atoms with Gasteiger partial charge in [-0.05, 0) is 30.3 Å². The molecule has 0 aromatic heterocycles. The Balaban J connectivity index is 1.52. The van der Waals surface area contributed by atoms with Crippen LogP contribution < -0.4 is 5.32 Å². The predicted octanol–water partition coefficient (Wildman–Crippen LogP) is 2.81. The number of aromatic hydroxyl groups is 1. The van der Waals surface area contributed by atoms with Crippen LogP contribution in [0.2, 0.25) is 0 Å². The van der Waals surface area contributed by atoms with Crippen LogP contribution in [0.25, 0.3) is 0 Å². The molecule has 0 unspecified atom stereocenters. The summed E-state index contributed by atoms with van der Waals surface area (Å²) in [7, 11) is 0. The van der Waals surface area contributed by atoms with Crippen molar-refractivity contribution in [2.45, 2.75) is 6.18 Å². The van der Waals surface area contributed by atoms with Crippen LogP contribution in [0.3, 0.4) is 0 Å². The van der Waals surface area contributed by atoms with E-state index in [4.69, 9.17) is 0 Å². The van der Waals surface area contributed by atoms with Gasteiger partial charge in [0.25, 0.3) is 5.91 Å². The van der Waals surface area contributed by atoms with E-state index >= 15 is 0 Å². The van der Waals surface area contributed by atoms with Crippen molar-refractivity contribution in [1.82, 2.24) is 9.80 Å². The van der Waals surface area contributed by atoms with Crippen molar-refractivity contribution in [3.8, 4) is 5.75 Å². The van der Waals surface area contributed by atoms with Crippen LogP contribution in [0.4, 0.5) is 18.9 Å². The number of nitrogens with zero attached hydrogens (tertiary/aromatic N) is 2. The molecule has 154 valence electrons. The molecule has 0 atom stereocenters. The molecule has 1 aliphatic heterocycles. The molecule has 2 amide bonds. The molecule has 1 heterocycles. The smallest absolute Gasteiger partial charge is 0.416 e. The van der Waals surface area contributed by atoms with E-state index in [-0.39, 0.29) is 35.4 Å². The van der Waals surface area contributed by atoms with Gasteiger partial charge in [0.2, 0.25) is 5.91 Å². The number of carbonyl (C=O) groups excluding carboxylic acids is 2. The van der Waals surface area contributed by atoms with Gasteiger partial charge in [-0.1, -0.05) is 18.2 Å². The Bertz CT molecular complexity index is 894. The number of rotatable bonds is 4. The summed E-state index contributed by atoms with van der Waals surface area (Å²) in [6.07, 6.45) is -4.45. The van der Waals surface area contributed by atoms with Gasteiger partial charge in [-0.2, -0.15) is 13.2 Å². The zero-order valence-electron chi connectivity index (χ0n) is 15.4. The highest BCUT2D eigenvalue weighted by Gasteiger charge is 2.30. The topological polar surface area (TPSA) is 72.9 Å². The summed E-state index contributed by atoms with van der Waals surface area (Å²) in [6, 6.07) is 10.9. The van der Waals surface area contributed by atoms with Crippen LogP contribution in [0.5, 0.6) is 5.75 Å². The molecular weight excluding hydrogens is 387 g/mol. The summed E-state index contributed by atoms with van der Waals surface area (Å²) in [6.45, 7) is 1.09. The average Bonchev–Trinajstić information content (AvgIpc) is 2.71. The highest BCUT2D eigenvalue weighted by Crippen LogP contribution is 2.30. The zero-order chi connectivity index (χ0) is 21.0. The van der Waals surface area contributed by atoms with Crippen LogP contribution in [-0.2, 0) is 11.0 Å². The quantitative estimate of drug-likeness (QED) is 0.818. The fraction of sp³-hybridized carbons (Fsp3) is 0.300. The number of piperazine rings is 1. The van der Waals surface area contributed by atoms with Gasteiger partial charge in [-0.25, -0.2) is 0 Å². The number of phenols is 1. The fourth-order valence-corrected chi connectivity index (χ4v) is 3.08. The predicted molar refractivity (Wildman–Crippen MR) is 101 cm³/mol. The lowest BCUT2D eigenvalue weighted by atomic mass is 10.1. The first-order chi connectivity index (χ1) is 13.8. The second kappa shape index (κ2) is 8.42. The normalized spacial score (nSPS) is 14.6. The first-order valence-corrected chi connectivity index (χ1v) is 9.02. The van der Waals surface area contributed by atoms with Gasteiger partial charge >= 0.3 is 6.18 Å². The Morgan fingerprint density at radius 3 is 2.28 bits per heavy atom. The number of para-hydroxylation sites is 1. The lowest BCUT2D eigenvalue weighted by Gasteiger charge is -2.35. The highest BCUT2D eigenvalue weighted by atomic mass is 19.4. The standard InChI is InChI=1S/C20H20F3N3O3/c21-20(22,23)14-4-3-5-15(12-14)24-13-18(28)25-8-10-26(11-9-25)19(29)16-6-1-2-7-17(16)27/h1-7,12,24,27H,8-11,13H2. The van der Waals surface area contributed by atoms with E-state index in [0.717, 1.165) is 12.1 Å². The monoisotopic (exact) mass is 407 g/mol. The third-order valence-corrected chi connectivity index (χ3v) is 4.69. The van der Waals surface area contributed by atoms with Crippen LogP contribution in [0.1, 0.15) is 15.9 Å². The number of carbonyl (C=O) groups is 2. The van der Waals surface area contributed by atoms with Gasteiger partial charge in [0.15, 0.2) is 0 Å². The number of hydrogen-bond acceptors (Lipinski definition) is 4. The van der Waals surface area contributed by atoms with Gasteiger partial charge in [0.1, 0.15) is 5.75 Å². The SMILES string of the molecule is O=C(CNc1cccc(C(F)(F)F)c1)N1CCN(C(=O)c2ccccc2O)CC1. The number of anilines is 1. The Morgan fingerprint density at radius 1 is 0.966 bits per heavy atom. The summed E-state index contributed by atoms with van der Waals surface area (Å²) in [5.74, 6) is -0.671. The third-order valence-electron chi connectivity index (χ3n) is 4.69. The first-order valence-electron chi connectivity index (χ1n) is 9.02. The maximum Gasteiger partial charge on any atom is 0.416 e. The number of phenolic OH excluding ortho intramolecular Hbond substituents is 1. The fourth-order valence-electron chi connectivity index (χ4n) is 3.08. The maximum absolute atomic E-state index is 12.8. The van der Waals surface area contributed by atoms with E-state index in [1.165, 1.54) is 24.3 Å². The molecule has 0 aliphatic carbocycles. The largest absolute Gasteiger partial charge is 0.507 e. The molecule has 2 aromatic carbocycles. The van der Waals surface area contributed by atoms with Gasteiger partial charge in [0.05, 0.1) is 17.7 Å². The van der Waals surface area contributed by atoms with Crippen molar-refractivity contribution in [2.24, 2.45) is 0 Å². The number of amides is 2. The van der Waals surface area contributed by atoms with E-state index in [1.807, 2.05) is 0 Å². The van der Waals surface area contributed by atoms with Crippen LogP contribution in [-0.4, -0.2) is 59.4 Å². The van der Waals surface area contributed by atoms with Crippen LogP contribution >= 0.6 is 0 Å². The minimum absolute atomic E-state index is 0.0960. The summed E-state index contributed by atoms with van der Waals surface area (Å²) in [4.78, 5) is 27.9. The van der Waals surface area contributed by atoms with Crippen molar-refractivity contribution in [3.05, 3.63) is 59.7 Å². The van der Waals surface area contributed by atoms with Gasteiger partial charge in [-0.15, -0.1) is 0 Å². The molecule has 0 radical (unpaired) electrons. The Morgan fingerprint density at radius 2 is 1.62 bits per heavy atom. The molecule has 6 nitrogen and oxygen atoms in total. The van der Waals surface area contributed by atoms with E-state index in [1.54, 1.807) is 21.9 Å². The van der Waals surface area contributed by atoms with Crippen LogP contribution in [0, 0.1) is 0 Å². The van der Waals surface area contributed by atoms with Crippen molar-refractivity contribution in [2.75, 3.05) is 38.0 Å². The molecule has 2 aromatic rings. The summed E-state index contributed by atoms with van der Waals surface area (Å²) in [5, 5.41) is 12.5. The van der Waals surface area contributed by atoms with Gasteiger partial charge < -0.3 is 20.2 Å². The number of halogens is 3. The highest BCUT2D eigenvalue weighted by molar-refractivity contribution is 5.97. The maximum atomic E-state index is 12.8. The van der Waals surface area contributed by atoms with Crippen molar-refractivity contribution in [1.29, 1.82) is 0 Å². The molecule has 3 rings (SSSR count). The number of hydrogen-bond donors (Lipinski definition) is 2. The summed E-state index contributed by atoms with van der Waals surface area (Å²) >= 11 is 0. The minimum atomic E-state index is -4.45. The van der Waals surface area contributed by atoms with Gasteiger partial charge in [-0.3, -0.25) is 9.59 Å². The Labute approximate surface area is 165 Å². The molecular formula is C20H20F3N3O3. The van der Waals surface area contributed by atoms with Crippen molar-refractivity contribution in [3.63, 3.8) is 0 Å². The second-order valence-electron chi connectivity index (χ2n) is 6.62. The van der Waals surface area contributed by atoms with Crippen LogP contribution in [0.15, 0.2) is 48.5 Å². The number of alkyl halides is 3. The molecule has 29 heavy (non-hydrogen) atoms. The molecule has 0 spiro atoms. The lowest BCUT2D eigenvalue weighted by Crippen LogP contribution is -2.51. The molecule has 1 saturated heterocycles. The molecule has 2 N–H and O–H groups in total. The Kier molecular flexibility index (Phi) is 5.95. The summed E-state index contributed by atoms with van der Waals surface area (Å²) in [5.41, 5.74) is -0.369.